The van der Waals surface area contributed by atoms with Crippen molar-refractivity contribution in [3.05, 3.63) is 23.9 Å². The number of ether oxygens (including phenoxy) is 1. The molecule has 5 heteroatoms. The first kappa shape index (κ1) is 11.9. The van der Waals surface area contributed by atoms with Gasteiger partial charge in [0.2, 0.25) is 5.88 Å². The van der Waals surface area contributed by atoms with E-state index in [2.05, 4.69) is 4.98 Å². The Morgan fingerprint density at radius 3 is 3.00 bits per heavy atom. The molecule has 1 fully saturated rings. The third kappa shape index (κ3) is 2.94. The van der Waals surface area contributed by atoms with E-state index in [1.807, 2.05) is 0 Å². The number of amides is 1. The molecule has 1 aromatic rings. The summed E-state index contributed by atoms with van der Waals surface area (Å²) in [7, 11) is 0. The minimum atomic E-state index is -0.520. The van der Waals surface area contributed by atoms with E-state index < -0.39 is 5.91 Å². The quantitative estimate of drug-likeness (QED) is 0.811. The third-order valence-corrected chi connectivity index (χ3v) is 2.98. The van der Waals surface area contributed by atoms with Gasteiger partial charge in [-0.25, -0.2) is 4.98 Å². The number of nitrogens with two attached hydrogens (primary N) is 2. The van der Waals surface area contributed by atoms with Crippen LogP contribution in [0.2, 0.25) is 0 Å². The summed E-state index contributed by atoms with van der Waals surface area (Å²) >= 11 is 0. The van der Waals surface area contributed by atoms with Crippen molar-refractivity contribution in [2.75, 3.05) is 0 Å². The summed E-state index contributed by atoms with van der Waals surface area (Å²) in [5, 5.41) is 0. The summed E-state index contributed by atoms with van der Waals surface area (Å²) in [6.45, 7) is 0. The van der Waals surface area contributed by atoms with Crippen molar-refractivity contribution in [3.63, 3.8) is 0 Å². The first-order valence-corrected chi connectivity index (χ1v) is 5.84. The molecule has 0 bridgehead atoms. The highest BCUT2D eigenvalue weighted by atomic mass is 16.5. The van der Waals surface area contributed by atoms with Gasteiger partial charge in [-0.05, 0) is 37.8 Å². The van der Waals surface area contributed by atoms with Crippen LogP contribution in [0.25, 0.3) is 0 Å². The molecule has 0 aliphatic heterocycles. The number of rotatable bonds is 3. The van der Waals surface area contributed by atoms with E-state index >= 15 is 0 Å². The van der Waals surface area contributed by atoms with Gasteiger partial charge in [-0.15, -0.1) is 0 Å². The Hall–Kier alpha value is -1.62. The van der Waals surface area contributed by atoms with Crippen LogP contribution in [0.3, 0.4) is 0 Å². The summed E-state index contributed by atoms with van der Waals surface area (Å²) < 4.78 is 5.73. The second-order valence-electron chi connectivity index (χ2n) is 4.39. The van der Waals surface area contributed by atoms with Crippen molar-refractivity contribution in [2.45, 2.75) is 37.8 Å². The smallest absolute Gasteiger partial charge is 0.254 e. The van der Waals surface area contributed by atoms with Crippen LogP contribution in [0.1, 0.15) is 36.0 Å². The first-order valence-electron chi connectivity index (χ1n) is 5.84. The van der Waals surface area contributed by atoms with Gasteiger partial charge in [-0.3, -0.25) is 4.79 Å². The van der Waals surface area contributed by atoms with Crippen molar-refractivity contribution < 1.29 is 9.53 Å². The van der Waals surface area contributed by atoms with E-state index in [1.54, 1.807) is 18.3 Å². The lowest BCUT2D eigenvalue weighted by Crippen LogP contribution is -2.34. The highest BCUT2D eigenvalue weighted by Gasteiger charge is 2.22. The molecule has 1 aromatic heterocycles. The van der Waals surface area contributed by atoms with Gasteiger partial charge in [0.05, 0.1) is 0 Å². The van der Waals surface area contributed by atoms with Gasteiger partial charge in [-0.1, -0.05) is 0 Å². The van der Waals surface area contributed by atoms with Gasteiger partial charge in [0.25, 0.3) is 5.91 Å². The Morgan fingerprint density at radius 1 is 1.47 bits per heavy atom. The standard InChI is InChI=1S/C12H17N3O2/c13-8-3-1-4-9(7-8)17-12-10(11(14)16)5-2-6-15-12/h2,5-6,8-9H,1,3-4,7,13H2,(H2,14,16). The second kappa shape index (κ2) is 5.14. The van der Waals surface area contributed by atoms with Gasteiger partial charge in [-0.2, -0.15) is 0 Å². The summed E-state index contributed by atoms with van der Waals surface area (Å²) in [5.74, 6) is -0.202. The van der Waals surface area contributed by atoms with Gasteiger partial charge in [0, 0.05) is 12.2 Å². The van der Waals surface area contributed by atoms with Crippen LogP contribution in [0.15, 0.2) is 18.3 Å². The van der Waals surface area contributed by atoms with E-state index in [9.17, 15) is 4.79 Å². The molecule has 2 rings (SSSR count). The lowest BCUT2D eigenvalue weighted by Gasteiger charge is -2.27. The molecular formula is C12H17N3O2. The van der Waals surface area contributed by atoms with Crippen LogP contribution in [0.5, 0.6) is 5.88 Å². The maximum atomic E-state index is 11.2. The number of aromatic nitrogens is 1. The van der Waals surface area contributed by atoms with Crippen LogP contribution in [-0.4, -0.2) is 23.0 Å². The summed E-state index contributed by atoms with van der Waals surface area (Å²) in [6, 6.07) is 3.46. The van der Waals surface area contributed by atoms with E-state index in [4.69, 9.17) is 16.2 Å². The van der Waals surface area contributed by atoms with Crippen molar-refractivity contribution in [1.82, 2.24) is 4.98 Å². The minimum Gasteiger partial charge on any atom is -0.474 e. The van der Waals surface area contributed by atoms with Crippen molar-refractivity contribution in [3.8, 4) is 5.88 Å². The number of pyridine rings is 1. The lowest BCUT2D eigenvalue weighted by atomic mass is 9.93. The zero-order valence-corrected chi connectivity index (χ0v) is 9.63. The van der Waals surface area contributed by atoms with Gasteiger partial charge in [0.1, 0.15) is 11.7 Å². The predicted molar refractivity (Wildman–Crippen MR) is 63.6 cm³/mol. The second-order valence-corrected chi connectivity index (χ2v) is 4.39. The highest BCUT2D eigenvalue weighted by Crippen LogP contribution is 2.23. The largest absolute Gasteiger partial charge is 0.474 e. The van der Waals surface area contributed by atoms with Gasteiger partial charge >= 0.3 is 0 Å². The molecule has 0 radical (unpaired) electrons. The van der Waals surface area contributed by atoms with Crippen LogP contribution in [0, 0.1) is 0 Å². The van der Waals surface area contributed by atoms with Crippen LogP contribution in [0.4, 0.5) is 0 Å². The van der Waals surface area contributed by atoms with Gasteiger partial charge in [0.15, 0.2) is 0 Å². The molecule has 2 atom stereocenters. The minimum absolute atomic E-state index is 0.0340. The topological polar surface area (TPSA) is 91.2 Å². The van der Waals surface area contributed by atoms with Crippen molar-refractivity contribution in [2.24, 2.45) is 11.5 Å². The van der Waals surface area contributed by atoms with Crippen LogP contribution >= 0.6 is 0 Å². The van der Waals surface area contributed by atoms with Crippen LogP contribution < -0.4 is 16.2 Å². The average molecular weight is 235 g/mol. The van der Waals surface area contributed by atoms with E-state index in [0.29, 0.717) is 11.4 Å². The number of carbonyl (C=O) groups excluding carboxylic acids is 1. The Morgan fingerprint density at radius 2 is 2.29 bits per heavy atom. The molecule has 0 spiro atoms. The average Bonchev–Trinajstić information content (AvgIpc) is 2.29. The molecule has 0 aromatic carbocycles. The molecule has 17 heavy (non-hydrogen) atoms. The molecule has 0 saturated heterocycles. The Bertz CT molecular complexity index is 408. The van der Waals surface area contributed by atoms with Crippen LogP contribution in [-0.2, 0) is 0 Å². The highest BCUT2D eigenvalue weighted by molar-refractivity contribution is 5.94. The molecular weight excluding hydrogens is 218 g/mol. The number of carbonyl (C=O) groups is 1. The monoisotopic (exact) mass is 235 g/mol. The molecule has 1 amide bonds. The van der Waals surface area contributed by atoms with Crippen molar-refractivity contribution in [1.29, 1.82) is 0 Å². The molecule has 1 aliphatic carbocycles. The van der Waals surface area contributed by atoms with Gasteiger partial charge < -0.3 is 16.2 Å². The molecule has 1 saturated carbocycles. The fourth-order valence-electron chi connectivity index (χ4n) is 2.12. The Kier molecular flexibility index (Phi) is 3.58. The normalized spacial score (nSPS) is 24.3. The third-order valence-electron chi connectivity index (χ3n) is 2.98. The fraction of sp³-hybridized carbons (Fsp3) is 0.500. The zero-order chi connectivity index (χ0) is 12.3. The van der Waals surface area contributed by atoms with Crippen molar-refractivity contribution >= 4 is 5.91 Å². The van der Waals surface area contributed by atoms with E-state index in [-0.39, 0.29) is 12.1 Å². The summed E-state index contributed by atoms with van der Waals surface area (Å²) in [4.78, 5) is 15.3. The summed E-state index contributed by atoms with van der Waals surface area (Å²) in [5.41, 5.74) is 11.5. The fourth-order valence-corrected chi connectivity index (χ4v) is 2.12. The molecule has 92 valence electrons. The predicted octanol–water partition coefficient (Wildman–Crippen LogP) is 0.829. The Balaban J connectivity index is 2.10. The maximum Gasteiger partial charge on any atom is 0.254 e. The molecule has 4 N–H and O–H groups in total. The Labute approximate surface area is 100 Å². The molecule has 1 heterocycles. The molecule has 1 aliphatic rings. The summed E-state index contributed by atoms with van der Waals surface area (Å²) in [6.07, 6.45) is 5.45. The molecule has 2 unspecified atom stereocenters. The first-order chi connectivity index (χ1) is 8.16. The number of nitrogens with zero attached hydrogens (tertiary/aromatic N) is 1. The number of primary amides is 1. The number of hydrogen-bond acceptors (Lipinski definition) is 4. The van der Waals surface area contributed by atoms with E-state index in [1.165, 1.54) is 0 Å². The lowest BCUT2D eigenvalue weighted by molar-refractivity contribution is 0.0982. The SMILES string of the molecule is NC(=O)c1cccnc1OC1CCCC(N)C1. The molecule has 5 nitrogen and oxygen atoms in total. The van der Waals surface area contributed by atoms with E-state index in [0.717, 1.165) is 25.7 Å². The zero-order valence-electron chi connectivity index (χ0n) is 9.63. The number of hydrogen-bond donors (Lipinski definition) is 2. The maximum absolute atomic E-state index is 11.2.